The number of ether oxygens (including phenoxy) is 3. The quantitative estimate of drug-likeness (QED) is 0.939. The van der Waals surface area contributed by atoms with Crippen LogP contribution in [0.4, 0.5) is 4.79 Å². The van der Waals surface area contributed by atoms with E-state index in [0.29, 0.717) is 17.9 Å². The van der Waals surface area contributed by atoms with Gasteiger partial charge < -0.3 is 19.5 Å². The van der Waals surface area contributed by atoms with Crippen LogP contribution in [0.15, 0.2) is 18.3 Å². The van der Waals surface area contributed by atoms with Crippen molar-refractivity contribution < 1.29 is 19.0 Å². The van der Waals surface area contributed by atoms with Gasteiger partial charge in [0.1, 0.15) is 11.9 Å². The van der Waals surface area contributed by atoms with Crippen molar-refractivity contribution in [3.8, 4) is 5.75 Å². The maximum atomic E-state index is 12.3. The second-order valence-corrected chi connectivity index (χ2v) is 5.76. The normalized spacial score (nSPS) is 24.3. The van der Waals surface area contributed by atoms with Crippen LogP contribution in [0.1, 0.15) is 31.1 Å². The number of pyridine rings is 1. The van der Waals surface area contributed by atoms with E-state index in [2.05, 4.69) is 10.3 Å². The number of carbonyl (C=O) groups excluding carboxylic acids is 1. The van der Waals surface area contributed by atoms with E-state index in [9.17, 15) is 4.79 Å². The first-order valence-electron chi connectivity index (χ1n) is 7.87. The Morgan fingerprint density at radius 1 is 1.43 bits per heavy atom. The first-order valence-corrected chi connectivity index (χ1v) is 7.87. The van der Waals surface area contributed by atoms with Crippen LogP contribution in [0.3, 0.4) is 0 Å². The summed E-state index contributed by atoms with van der Waals surface area (Å²) in [5, 5.41) is 3.66. The summed E-state index contributed by atoms with van der Waals surface area (Å²) in [4.78, 5) is 16.6. The maximum Gasteiger partial charge on any atom is 0.327 e. The van der Waals surface area contributed by atoms with E-state index < -0.39 is 0 Å². The molecule has 2 aromatic rings. The third-order valence-electron chi connectivity index (χ3n) is 4.34. The van der Waals surface area contributed by atoms with E-state index in [1.807, 2.05) is 6.07 Å². The Hall–Kier alpha value is -2.12. The zero-order valence-corrected chi connectivity index (χ0v) is 12.9. The standard InChI is InChI=1S/C16H19N3O4/c1-21-12-5-6-17-15-10(12)8-11-13(9-18-16(20)19(11)15)23-14-4-2-3-7-22-14/h5-6,8,13-14H,2-4,7,9H2,1H3,(H,18,20). The van der Waals surface area contributed by atoms with Gasteiger partial charge in [0, 0.05) is 12.8 Å². The Balaban J connectivity index is 1.73. The Labute approximate surface area is 133 Å². The lowest BCUT2D eigenvalue weighted by molar-refractivity contribution is -0.190. The summed E-state index contributed by atoms with van der Waals surface area (Å²) in [5.41, 5.74) is 1.37. The minimum Gasteiger partial charge on any atom is -0.496 e. The van der Waals surface area contributed by atoms with Crippen molar-refractivity contribution in [1.29, 1.82) is 0 Å². The molecule has 1 saturated heterocycles. The molecule has 2 aliphatic heterocycles. The zero-order valence-electron chi connectivity index (χ0n) is 12.9. The lowest BCUT2D eigenvalue weighted by Crippen LogP contribution is -2.41. The third-order valence-corrected chi connectivity index (χ3v) is 4.34. The van der Waals surface area contributed by atoms with Crippen molar-refractivity contribution >= 4 is 17.1 Å². The van der Waals surface area contributed by atoms with Crippen molar-refractivity contribution in [3.63, 3.8) is 0 Å². The largest absolute Gasteiger partial charge is 0.496 e. The predicted molar refractivity (Wildman–Crippen MR) is 82.5 cm³/mol. The van der Waals surface area contributed by atoms with Crippen LogP contribution in [0, 0.1) is 0 Å². The molecule has 0 aliphatic carbocycles. The molecular formula is C16H19N3O4. The molecule has 4 rings (SSSR count). The number of hydrogen-bond acceptors (Lipinski definition) is 5. The molecule has 7 nitrogen and oxygen atoms in total. The fourth-order valence-electron chi connectivity index (χ4n) is 3.21. The number of nitrogens with one attached hydrogen (secondary N) is 1. The van der Waals surface area contributed by atoms with Crippen LogP contribution < -0.4 is 10.1 Å². The van der Waals surface area contributed by atoms with Crippen LogP contribution in [0.5, 0.6) is 5.75 Å². The molecule has 0 bridgehead atoms. The van der Waals surface area contributed by atoms with Gasteiger partial charge in [0.15, 0.2) is 11.9 Å². The van der Waals surface area contributed by atoms with Gasteiger partial charge in [-0.05, 0) is 31.4 Å². The lowest BCUT2D eigenvalue weighted by atomic mass is 10.2. The monoisotopic (exact) mass is 317 g/mol. The highest BCUT2D eigenvalue weighted by Gasteiger charge is 2.31. The van der Waals surface area contributed by atoms with Crippen LogP contribution in [0.2, 0.25) is 0 Å². The SMILES string of the molecule is COc1ccnc2c1cc1n2C(=O)NCC1OC1CCCCO1. The van der Waals surface area contributed by atoms with Crippen molar-refractivity contribution in [1.82, 2.24) is 14.9 Å². The molecule has 23 heavy (non-hydrogen) atoms. The summed E-state index contributed by atoms with van der Waals surface area (Å²) in [5.74, 6) is 0.692. The van der Waals surface area contributed by atoms with E-state index in [0.717, 1.165) is 36.9 Å². The van der Waals surface area contributed by atoms with Crippen molar-refractivity contribution in [3.05, 3.63) is 24.0 Å². The molecule has 2 atom stereocenters. The van der Waals surface area contributed by atoms with E-state index >= 15 is 0 Å². The summed E-state index contributed by atoms with van der Waals surface area (Å²) in [7, 11) is 1.61. The Morgan fingerprint density at radius 2 is 2.35 bits per heavy atom. The number of nitrogens with zero attached hydrogens (tertiary/aromatic N) is 2. The molecule has 4 heterocycles. The van der Waals surface area contributed by atoms with Crippen LogP contribution in [-0.4, -0.2) is 42.1 Å². The first-order chi connectivity index (χ1) is 11.3. The number of rotatable bonds is 3. The zero-order chi connectivity index (χ0) is 15.8. The van der Waals surface area contributed by atoms with Gasteiger partial charge in [-0.3, -0.25) is 0 Å². The summed E-state index contributed by atoms with van der Waals surface area (Å²) < 4.78 is 18.7. The topological polar surface area (TPSA) is 74.6 Å². The fourth-order valence-corrected chi connectivity index (χ4v) is 3.21. The second kappa shape index (κ2) is 5.82. The van der Waals surface area contributed by atoms with Gasteiger partial charge in [0.25, 0.3) is 0 Å². The molecule has 2 unspecified atom stereocenters. The van der Waals surface area contributed by atoms with Crippen molar-refractivity contribution in [2.24, 2.45) is 0 Å². The van der Waals surface area contributed by atoms with Gasteiger partial charge >= 0.3 is 6.03 Å². The fraction of sp³-hybridized carbons (Fsp3) is 0.500. The Morgan fingerprint density at radius 3 is 3.13 bits per heavy atom. The van der Waals surface area contributed by atoms with Crippen LogP contribution in [-0.2, 0) is 9.47 Å². The molecule has 2 aromatic heterocycles. The van der Waals surface area contributed by atoms with Gasteiger partial charge in [0.2, 0.25) is 0 Å². The average molecular weight is 317 g/mol. The minimum atomic E-state index is -0.255. The molecule has 122 valence electrons. The molecule has 1 N–H and O–H groups in total. The predicted octanol–water partition coefficient (Wildman–Crippen LogP) is 2.20. The maximum absolute atomic E-state index is 12.3. The number of methoxy groups -OCH3 is 1. The number of hydrogen-bond donors (Lipinski definition) is 1. The van der Waals surface area contributed by atoms with Crippen LogP contribution in [0.25, 0.3) is 11.0 Å². The molecule has 0 saturated carbocycles. The van der Waals surface area contributed by atoms with Gasteiger partial charge in [-0.15, -0.1) is 0 Å². The van der Waals surface area contributed by atoms with Crippen molar-refractivity contribution in [2.75, 3.05) is 20.3 Å². The molecule has 0 spiro atoms. The van der Waals surface area contributed by atoms with E-state index in [4.69, 9.17) is 14.2 Å². The number of fused-ring (bicyclic) bond motifs is 3. The summed E-state index contributed by atoms with van der Waals surface area (Å²) in [6.45, 7) is 1.15. The molecular weight excluding hydrogens is 298 g/mol. The van der Waals surface area contributed by atoms with Crippen molar-refractivity contribution in [2.45, 2.75) is 31.7 Å². The summed E-state index contributed by atoms with van der Waals surface area (Å²) in [6, 6.07) is 3.51. The van der Waals surface area contributed by atoms with E-state index in [-0.39, 0.29) is 18.4 Å². The summed E-state index contributed by atoms with van der Waals surface area (Å²) >= 11 is 0. The molecule has 7 heteroatoms. The van der Waals surface area contributed by atoms with E-state index in [1.54, 1.807) is 23.9 Å². The molecule has 1 amide bonds. The van der Waals surface area contributed by atoms with E-state index in [1.165, 1.54) is 0 Å². The Bertz CT molecular complexity index is 736. The highest BCUT2D eigenvalue weighted by Crippen LogP contribution is 2.33. The number of carbonyl (C=O) groups is 1. The van der Waals surface area contributed by atoms with Gasteiger partial charge in [-0.25, -0.2) is 14.3 Å². The lowest BCUT2D eigenvalue weighted by Gasteiger charge is -2.30. The average Bonchev–Trinajstić information content (AvgIpc) is 2.99. The number of aromatic nitrogens is 2. The Kier molecular flexibility index (Phi) is 3.66. The smallest absolute Gasteiger partial charge is 0.327 e. The highest BCUT2D eigenvalue weighted by molar-refractivity contribution is 5.94. The highest BCUT2D eigenvalue weighted by atomic mass is 16.7. The molecule has 0 aromatic carbocycles. The van der Waals surface area contributed by atoms with Gasteiger partial charge in [0.05, 0.1) is 24.7 Å². The molecule has 1 fully saturated rings. The van der Waals surface area contributed by atoms with Crippen LogP contribution >= 0.6 is 0 Å². The first kappa shape index (κ1) is 14.5. The molecule has 0 radical (unpaired) electrons. The molecule has 2 aliphatic rings. The third kappa shape index (κ3) is 2.46. The number of amides is 1. The van der Waals surface area contributed by atoms with Gasteiger partial charge in [-0.2, -0.15) is 0 Å². The summed E-state index contributed by atoms with van der Waals surface area (Å²) in [6.07, 6.45) is 4.22. The second-order valence-electron chi connectivity index (χ2n) is 5.76. The minimum absolute atomic E-state index is 0.194. The van der Waals surface area contributed by atoms with Gasteiger partial charge in [-0.1, -0.05) is 0 Å².